The second-order valence-electron chi connectivity index (χ2n) is 7.42. The van der Waals surface area contributed by atoms with Gasteiger partial charge in [-0.05, 0) is 49.3 Å². The van der Waals surface area contributed by atoms with Crippen molar-refractivity contribution < 1.29 is 14.3 Å². The molecule has 1 spiro atoms. The maximum atomic E-state index is 12.5. The number of benzene rings is 1. The van der Waals surface area contributed by atoms with Gasteiger partial charge in [0.15, 0.2) is 0 Å². The average molecular weight is 370 g/mol. The van der Waals surface area contributed by atoms with Gasteiger partial charge < -0.3 is 19.9 Å². The minimum Gasteiger partial charge on any atom is -0.375 e. The van der Waals surface area contributed by atoms with Gasteiger partial charge in [0.2, 0.25) is 5.91 Å². The Balaban J connectivity index is 1.49. The van der Waals surface area contributed by atoms with Crippen LogP contribution in [0.2, 0.25) is 0 Å². The highest BCUT2D eigenvalue weighted by atomic mass is 16.5. The molecular weight excluding hydrogens is 344 g/mol. The molecule has 3 rings (SSSR count). The number of urea groups is 1. The predicted octanol–water partition coefficient (Wildman–Crippen LogP) is 2.44. The lowest BCUT2D eigenvalue weighted by Gasteiger charge is -2.46. The van der Waals surface area contributed by atoms with Gasteiger partial charge in [-0.3, -0.25) is 4.79 Å². The molecule has 0 unspecified atom stereocenters. The summed E-state index contributed by atoms with van der Waals surface area (Å²) in [6.45, 7) is 3.13. The third-order valence-corrected chi connectivity index (χ3v) is 5.80. The molecule has 1 aromatic carbocycles. The monoisotopic (exact) mass is 370 g/mol. The molecule has 0 aromatic heterocycles. The average Bonchev–Trinajstić information content (AvgIpc) is 2.69. The Kier molecular flexibility index (Phi) is 5.97. The normalized spacial score (nSPS) is 18.8. The summed E-state index contributed by atoms with van der Waals surface area (Å²) in [5.41, 5.74) is 1.41. The van der Waals surface area contributed by atoms with Gasteiger partial charge >= 0.3 is 6.03 Å². The Morgan fingerprint density at radius 3 is 2.37 bits per heavy atom. The van der Waals surface area contributed by atoms with Gasteiger partial charge in [0.1, 0.15) is 6.61 Å². The Hall–Kier alpha value is -2.59. The minimum absolute atomic E-state index is 0.0590. The fourth-order valence-electron chi connectivity index (χ4n) is 4.00. The van der Waals surface area contributed by atoms with E-state index in [-0.39, 0.29) is 24.0 Å². The van der Waals surface area contributed by atoms with Crippen LogP contribution in [0.3, 0.4) is 0 Å². The van der Waals surface area contributed by atoms with Crippen molar-refractivity contribution in [3.05, 3.63) is 29.8 Å². The first-order chi connectivity index (χ1) is 13.0. The van der Waals surface area contributed by atoms with Crippen molar-refractivity contribution in [2.24, 2.45) is 5.41 Å². The number of nitrogens with one attached hydrogen (secondary N) is 1. The summed E-state index contributed by atoms with van der Waals surface area (Å²) in [6, 6.07) is 8.90. The maximum Gasteiger partial charge on any atom is 0.321 e. The Morgan fingerprint density at radius 2 is 1.78 bits per heavy atom. The number of methoxy groups -OCH3 is 1. The van der Waals surface area contributed by atoms with Crippen LogP contribution in [0.1, 0.15) is 31.2 Å². The molecule has 2 aliphatic rings. The molecule has 2 fully saturated rings. The summed E-state index contributed by atoms with van der Waals surface area (Å²) in [6.07, 6.45) is 3.90. The van der Waals surface area contributed by atoms with Gasteiger partial charge in [-0.15, -0.1) is 0 Å². The minimum atomic E-state index is -0.118. The SMILES string of the molecule is COCC(=O)N1CCC2(CC1)CCN(C(=O)Nc1cccc(C#N)c1)CC2. The van der Waals surface area contributed by atoms with Crippen molar-refractivity contribution >= 4 is 17.6 Å². The smallest absolute Gasteiger partial charge is 0.321 e. The van der Waals surface area contributed by atoms with E-state index in [0.717, 1.165) is 51.9 Å². The molecule has 1 aromatic rings. The molecule has 7 nitrogen and oxygen atoms in total. The third kappa shape index (κ3) is 4.58. The van der Waals surface area contributed by atoms with E-state index in [1.807, 2.05) is 9.80 Å². The summed E-state index contributed by atoms with van der Waals surface area (Å²) in [5, 5.41) is 11.8. The van der Waals surface area contributed by atoms with Crippen molar-refractivity contribution in [2.45, 2.75) is 25.7 Å². The number of nitriles is 1. The molecule has 0 atom stereocenters. The van der Waals surface area contributed by atoms with Crippen molar-refractivity contribution in [1.29, 1.82) is 5.26 Å². The second kappa shape index (κ2) is 8.40. The maximum absolute atomic E-state index is 12.5. The van der Waals surface area contributed by atoms with Crippen LogP contribution in [0, 0.1) is 16.7 Å². The van der Waals surface area contributed by atoms with Crippen molar-refractivity contribution in [3.8, 4) is 6.07 Å². The number of hydrogen-bond donors (Lipinski definition) is 1. The lowest BCUT2D eigenvalue weighted by Crippen LogP contribution is -2.50. The Morgan fingerprint density at radius 1 is 1.15 bits per heavy atom. The number of likely N-dealkylation sites (tertiary alicyclic amines) is 2. The molecule has 0 saturated carbocycles. The van der Waals surface area contributed by atoms with Crippen molar-refractivity contribution in [2.75, 3.05) is 45.2 Å². The highest BCUT2D eigenvalue weighted by molar-refractivity contribution is 5.89. The highest BCUT2D eigenvalue weighted by Crippen LogP contribution is 2.41. The summed E-state index contributed by atoms with van der Waals surface area (Å²) in [5.74, 6) is 0.0590. The number of nitrogens with zero attached hydrogens (tertiary/aromatic N) is 3. The van der Waals surface area contributed by atoms with Crippen LogP contribution in [-0.2, 0) is 9.53 Å². The van der Waals surface area contributed by atoms with Crippen LogP contribution >= 0.6 is 0 Å². The van der Waals surface area contributed by atoms with Gasteiger partial charge in [0, 0.05) is 39.0 Å². The third-order valence-electron chi connectivity index (χ3n) is 5.80. The number of amides is 3. The predicted molar refractivity (Wildman–Crippen MR) is 101 cm³/mol. The van der Waals surface area contributed by atoms with Gasteiger partial charge in [-0.1, -0.05) is 6.07 Å². The largest absolute Gasteiger partial charge is 0.375 e. The van der Waals surface area contributed by atoms with Crippen LogP contribution < -0.4 is 5.32 Å². The van der Waals surface area contributed by atoms with E-state index < -0.39 is 0 Å². The number of hydrogen-bond acceptors (Lipinski definition) is 4. The quantitative estimate of drug-likeness (QED) is 0.885. The van der Waals surface area contributed by atoms with E-state index in [1.165, 1.54) is 0 Å². The second-order valence-corrected chi connectivity index (χ2v) is 7.42. The van der Waals surface area contributed by atoms with Gasteiger partial charge in [-0.2, -0.15) is 5.26 Å². The highest BCUT2D eigenvalue weighted by Gasteiger charge is 2.39. The number of anilines is 1. The molecular formula is C20H26N4O3. The number of rotatable bonds is 3. The van der Waals surface area contributed by atoms with Crippen LogP contribution in [0.25, 0.3) is 0 Å². The molecule has 3 amide bonds. The topological polar surface area (TPSA) is 85.7 Å². The van der Waals surface area contributed by atoms with E-state index in [9.17, 15) is 9.59 Å². The Bertz CT molecular complexity index is 725. The molecule has 2 aliphatic heterocycles. The summed E-state index contributed by atoms with van der Waals surface area (Å²) in [4.78, 5) is 28.2. The van der Waals surface area contributed by atoms with Crippen LogP contribution in [0.4, 0.5) is 10.5 Å². The number of carbonyl (C=O) groups is 2. The van der Waals surface area contributed by atoms with Crippen LogP contribution in [0.15, 0.2) is 24.3 Å². The van der Waals surface area contributed by atoms with Crippen molar-refractivity contribution in [3.63, 3.8) is 0 Å². The summed E-state index contributed by atoms with van der Waals surface area (Å²) in [7, 11) is 1.54. The zero-order chi connectivity index (χ0) is 19.3. The van der Waals surface area contributed by atoms with E-state index in [0.29, 0.717) is 11.3 Å². The van der Waals surface area contributed by atoms with E-state index >= 15 is 0 Å². The van der Waals surface area contributed by atoms with E-state index in [1.54, 1.807) is 31.4 Å². The van der Waals surface area contributed by atoms with Gasteiger partial charge in [0.05, 0.1) is 11.6 Å². The first-order valence-electron chi connectivity index (χ1n) is 9.38. The van der Waals surface area contributed by atoms with Crippen LogP contribution in [-0.4, -0.2) is 61.6 Å². The van der Waals surface area contributed by atoms with E-state index in [4.69, 9.17) is 10.00 Å². The molecule has 2 saturated heterocycles. The van der Waals surface area contributed by atoms with Gasteiger partial charge in [-0.25, -0.2) is 4.79 Å². The van der Waals surface area contributed by atoms with Crippen LogP contribution in [0.5, 0.6) is 0 Å². The molecule has 0 aliphatic carbocycles. The lowest BCUT2D eigenvalue weighted by molar-refractivity contribution is -0.137. The first-order valence-corrected chi connectivity index (χ1v) is 9.38. The Labute approximate surface area is 159 Å². The number of ether oxygens (including phenoxy) is 1. The number of piperidine rings is 2. The fraction of sp³-hybridized carbons (Fsp3) is 0.550. The zero-order valence-corrected chi connectivity index (χ0v) is 15.7. The lowest BCUT2D eigenvalue weighted by atomic mass is 9.71. The molecule has 7 heteroatoms. The molecule has 0 bridgehead atoms. The zero-order valence-electron chi connectivity index (χ0n) is 15.7. The molecule has 1 N–H and O–H groups in total. The summed E-state index contributed by atoms with van der Waals surface area (Å²) < 4.78 is 4.94. The van der Waals surface area contributed by atoms with Crippen molar-refractivity contribution in [1.82, 2.24) is 9.80 Å². The fourth-order valence-corrected chi connectivity index (χ4v) is 4.00. The molecule has 27 heavy (non-hydrogen) atoms. The summed E-state index contributed by atoms with van der Waals surface area (Å²) >= 11 is 0. The first kappa shape index (κ1) is 19.2. The van der Waals surface area contributed by atoms with Gasteiger partial charge in [0.25, 0.3) is 0 Å². The number of carbonyl (C=O) groups excluding carboxylic acids is 2. The molecule has 144 valence electrons. The molecule has 2 heterocycles. The standard InChI is InChI=1S/C20H26N4O3/c1-27-15-18(25)23-9-5-20(6-10-23)7-11-24(12-8-20)19(26)22-17-4-2-3-16(13-17)14-21/h2-4,13H,5-12,15H2,1H3,(H,22,26). The molecule has 0 radical (unpaired) electrons. The van der Waals surface area contributed by atoms with E-state index in [2.05, 4.69) is 11.4 Å².